The Hall–Kier alpha value is -0.970. The second-order valence-electron chi connectivity index (χ2n) is 3.41. The largest absolute Gasteiger partial charge is 0.313 e. The zero-order valence-corrected chi connectivity index (χ0v) is 10.4. The van der Waals surface area contributed by atoms with Crippen molar-refractivity contribution in [3.8, 4) is 0 Å². The Morgan fingerprint density at radius 3 is 2.94 bits per heavy atom. The van der Waals surface area contributed by atoms with Crippen molar-refractivity contribution in [1.29, 1.82) is 0 Å². The Morgan fingerprint density at radius 1 is 1.44 bits per heavy atom. The van der Waals surface area contributed by atoms with Crippen LogP contribution in [-0.2, 0) is 6.42 Å². The van der Waals surface area contributed by atoms with E-state index in [1.807, 2.05) is 24.8 Å². The summed E-state index contributed by atoms with van der Waals surface area (Å²) in [6.45, 7) is 0. The van der Waals surface area contributed by atoms with Crippen LogP contribution in [0.25, 0.3) is 0 Å². The van der Waals surface area contributed by atoms with Crippen LogP contribution in [0.1, 0.15) is 16.5 Å². The molecule has 2 aromatic heterocycles. The minimum atomic E-state index is 0.205. The smallest absolute Gasteiger partial charge is 0.0794 e. The van der Waals surface area contributed by atoms with Gasteiger partial charge in [-0.3, -0.25) is 9.97 Å². The van der Waals surface area contributed by atoms with Gasteiger partial charge in [-0.25, -0.2) is 0 Å². The molecule has 0 aliphatic carbocycles. The molecule has 2 rings (SSSR count). The molecule has 0 amide bonds. The highest BCUT2D eigenvalue weighted by Crippen LogP contribution is 2.25. The lowest BCUT2D eigenvalue weighted by Crippen LogP contribution is -2.18. The molecule has 0 saturated carbocycles. The molecule has 0 saturated heterocycles. The molecular formula is C11H12ClN3S. The predicted octanol–water partition coefficient (Wildman–Crippen LogP) is 2.69. The van der Waals surface area contributed by atoms with E-state index in [1.54, 1.807) is 23.7 Å². The standard InChI is InChI=1S/C11H12ClN3S/c1-13-11(4-8-5-15-7-16-8)9-2-3-14-6-10(9)12/h2-3,5-7,11,13H,4H2,1H3. The molecule has 0 aromatic carbocycles. The van der Waals surface area contributed by atoms with Gasteiger partial charge in [-0.2, -0.15) is 0 Å². The summed E-state index contributed by atoms with van der Waals surface area (Å²) >= 11 is 7.78. The van der Waals surface area contributed by atoms with E-state index in [4.69, 9.17) is 11.6 Å². The Morgan fingerprint density at radius 2 is 2.31 bits per heavy atom. The summed E-state index contributed by atoms with van der Waals surface area (Å²) in [6, 6.07) is 2.15. The van der Waals surface area contributed by atoms with Crippen molar-refractivity contribution in [1.82, 2.24) is 15.3 Å². The third-order valence-electron chi connectivity index (χ3n) is 2.42. The number of rotatable bonds is 4. The first-order valence-electron chi connectivity index (χ1n) is 4.95. The Bertz CT molecular complexity index is 444. The van der Waals surface area contributed by atoms with E-state index >= 15 is 0 Å². The van der Waals surface area contributed by atoms with Crippen LogP contribution in [0.3, 0.4) is 0 Å². The summed E-state index contributed by atoms with van der Waals surface area (Å²) in [5.74, 6) is 0. The van der Waals surface area contributed by atoms with Gasteiger partial charge in [0, 0.05) is 35.9 Å². The molecule has 0 aliphatic rings. The molecule has 0 fully saturated rings. The number of nitrogens with zero attached hydrogens (tertiary/aromatic N) is 2. The molecule has 0 bridgehead atoms. The summed E-state index contributed by atoms with van der Waals surface area (Å²) in [5.41, 5.74) is 2.92. The van der Waals surface area contributed by atoms with Crippen molar-refractivity contribution in [2.75, 3.05) is 7.05 Å². The van der Waals surface area contributed by atoms with Crippen LogP contribution in [0.15, 0.2) is 30.2 Å². The maximum Gasteiger partial charge on any atom is 0.0794 e. The van der Waals surface area contributed by atoms with E-state index in [0.717, 1.165) is 12.0 Å². The summed E-state index contributed by atoms with van der Waals surface area (Å²) in [7, 11) is 1.93. The molecule has 0 spiro atoms. The minimum absolute atomic E-state index is 0.205. The maximum absolute atomic E-state index is 6.12. The molecule has 84 valence electrons. The summed E-state index contributed by atoms with van der Waals surface area (Å²) in [4.78, 5) is 9.30. The zero-order chi connectivity index (χ0) is 11.4. The van der Waals surface area contributed by atoms with Crippen molar-refractivity contribution < 1.29 is 0 Å². The van der Waals surface area contributed by atoms with E-state index in [0.29, 0.717) is 5.02 Å². The highest BCUT2D eigenvalue weighted by molar-refractivity contribution is 7.09. The lowest BCUT2D eigenvalue weighted by atomic mass is 10.0. The SMILES string of the molecule is CNC(Cc1cncs1)c1ccncc1Cl. The van der Waals surface area contributed by atoms with Crippen LogP contribution in [-0.4, -0.2) is 17.0 Å². The number of halogens is 1. The monoisotopic (exact) mass is 253 g/mol. The number of thiazole rings is 1. The van der Waals surface area contributed by atoms with Gasteiger partial charge in [-0.15, -0.1) is 11.3 Å². The first-order chi connectivity index (χ1) is 7.81. The molecule has 2 heterocycles. The van der Waals surface area contributed by atoms with Gasteiger partial charge in [0.2, 0.25) is 0 Å². The van der Waals surface area contributed by atoms with Crippen LogP contribution in [0.4, 0.5) is 0 Å². The molecule has 2 aromatic rings. The molecule has 0 radical (unpaired) electrons. The summed E-state index contributed by atoms with van der Waals surface area (Å²) in [6.07, 6.45) is 6.22. The van der Waals surface area contributed by atoms with Gasteiger partial charge in [0.15, 0.2) is 0 Å². The normalized spacial score (nSPS) is 12.6. The van der Waals surface area contributed by atoms with Gasteiger partial charge in [-0.1, -0.05) is 11.6 Å². The fourth-order valence-electron chi connectivity index (χ4n) is 1.58. The average molecular weight is 254 g/mol. The fourth-order valence-corrected chi connectivity index (χ4v) is 2.47. The van der Waals surface area contributed by atoms with Crippen molar-refractivity contribution in [2.45, 2.75) is 12.5 Å². The minimum Gasteiger partial charge on any atom is -0.313 e. The highest BCUT2D eigenvalue weighted by atomic mass is 35.5. The van der Waals surface area contributed by atoms with Crippen LogP contribution in [0.2, 0.25) is 5.02 Å². The Labute approximate surface area is 104 Å². The third-order valence-corrected chi connectivity index (χ3v) is 3.53. The van der Waals surface area contributed by atoms with E-state index in [9.17, 15) is 0 Å². The van der Waals surface area contributed by atoms with Gasteiger partial charge >= 0.3 is 0 Å². The lowest BCUT2D eigenvalue weighted by Gasteiger charge is -2.16. The Kier molecular flexibility index (Phi) is 3.88. The molecular weight excluding hydrogens is 242 g/mol. The molecule has 1 unspecified atom stereocenters. The number of likely N-dealkylation sites (N-methyl/N-ethyl adjacent to an activating group) is 1. The Balaban J connectivity index is 2.20. The van der Waals surface area contributed by atoms with E-state index in [1.165, 1.54) is 4.88 Å². The van der Waals surface area contributed by atoms with Crippen molar-refractivity contribution in [2.24, 2.45) is 0 Å². The van der Waals surface area contributed by atoms with Crippen LogP contribution >= 0.6 is 22.9 Å². The number of nitrogens with one attached hydrogen (secondary N) is 1. The lowest BCUT2D eigenvalue weighted by molar-refractivity contribution is 0.595. The summed E-state index contributed by atoms with van der Waals surface area (Å²) in [5, 5.41) is 3.96. The average Bonchev–Trinajstić information content (AvgIpc) is 2.80. The van der Waals surface area contributed by atoms with Crippen molar-refractivity contribution in [3.05, 3.63) is 45.6 Å². The van der Waals surface area contributed by atoms with E-state index in [2.05, 4.69) is 15.3 Å². The molecule has 5 heteroatoms. The topological polar surface area (TPSA) is 37.8 Å². The first-order valence-corrected chi connectivity index (χ1v) is 6.21. The van der Waals surface area contributed by atoms with Crippen LogP contribution in [0, 0.1) is 0 Å². The fraction of sp³-hybridized carbons (Fsp3) is 0.273. The van der Waals surface area contributed by atoms with Crippen molar-refractivity contribution >= 4 is 22.9 Å². The third kappa shape index (κ3) is 2.58. The number of hydrogen-bond donors (Lipinski definition) is 1. The first kappa shape index (κ1) is 11.5. The van der Waals surface area contributed by atoms with E-state index < -0.39 is 0 Å². The van der Waals surface area contributed by atoms with Gasteiger partial charge in [0.05, 0.1) is 10.5 Å². The van der Waals surface area contributed by atoms with Gasteiger partial charge in [0.1, 0.15) is 0 Å². The van der Waals surface area contributed by atoms with Crippen LogP contribution < -0.4 is 5.32 Å². The predicted molar refractivity (Wildman–Crippen MR) is 66.9 cm³/mol. The number of pyridine rings is 1. The zero-order valence-electron chi connectivity index (χ0n) is 8.85. The van der Waals surface area contributed by atoms with Crippen LogP contribution in [0.5, 0.6) is 0 Å². The van der Waals surface area contributed by atoms with Gasteiger partial charge in [-0.05, 0) is 18.7 Å². The second-order valence-corrected chi connectivity index (χ2v) is 4.79. The maximum atomic E-state index is 6.12. The van der Waals surface area contributed by atoms with E-state index in [-0.39, 0.29) is 6.04 Å². The highest BCUT2D eigenvalue weighted by Gasteiger charge is 2.13. The van der Waals surface area contributed by atoms with Gasteiger partial charge < -0.3 is 5.32 Å². The van der Waals surface area contributed by atoms with Crippen molar-refractivity contribution in [3.63, 3.8) is 0 Å². The van der Waals surface area contributed by atoms with Gasteiger partial charge in [0.25, 0.3) is 0 Å². The number of aromatic nitrogens is 2. The molecule has 0 aliphatic heterocycles. The molecule has 1 atom stereocenters. The molecule has 1 N–H and O–H groups in total. The summed E-state index contributed by atoms with van der Waals surface area (Å²) < 4.78 is 0. The molecule has 3 nitrogen and oxygen atoms in total. The molecule has 16 heavy (non-hydrogen) atoms. The second kappa shape index (κ2) is 5.39. The number of hydrogen-bond acceptors (Lipinski definition) is 4. The quantitative estimate of drug-likeness (QED) is 0.911.